The zero-order valence-electron chi connectivity index (χ0n) is 10.2. The molecule has 1 amide bonds. The number of benzene rings is 1. The van der Waals surface area contributed by atoms with Gasteiger partial charge in [0.25, 0.3) is 0 Å². The molecule has 0 unspecified atom stereocenters. The lowest BCUT2D eigenvalue weighted by molar-refractivity contribution is 0.121. The summed E-state index contributed by atoms with van der Waals surface area (Å²) in [7, 11) is -4.21. The number of hydrogen-bond acceptors (Lipinski definition) is 5. The van der Waals surface area contributed by atoms with Gasteiger partial charge in [-0.25, -0.2) is 9.52 Å². The number of carbonyl (C=O) groups excluding carboxylic acids is 1. The fourth-order valence-electron chi connectivity index (χ4n) is 1.11. The van der Waals surface area contributed by atoms with Crippen molar-refractivity contribution in [1.29, 1.82) is 0 Å². The fraction of sp³-hybridized carbons (Fsp3) is 0.300. The molecule has 0 saturated heterocycles. The number of rotatable bonds is 4. The molecule has 0 fully saturated rings. The SMILES string of the molecule is CC(C)OC(=O)NS(=O)(=O)Nc1cc(Cl)ccc1O. The number of anilines is 1. The second-order valence-corrected chi connectivity index (χ2v) is 5.67. The van der Waals surface area contributed by atoms with Crippen LogP contribution in [0.3, 0.4) is 0 Å². The Hall–Kier alpha value is -1.67. The van der Waals surface area contributed by atoms with E-state index in [9.17, 15) is 18.3 Å². The van der Waals surface area contributed by atoms with E-state index in [1.807, 2.05) is 4.72 Å². The average molecular weight is 309 g/mol. The summed E-state index contributed by atoms with van der Waals surface area (Å²) >= 11 is 5.66. The Labute approximate surface area is 115 Å². The number of halogens is 1. The Morgan fingerprint density at radius 2 is 2.05 bits per heavy atom. The van der Waals surface area contributed by atoms with Crippen LogP contribution in [0.2, 0.25) is 5.02 Å². The second kappa shape index (κ2) is 5.98. The summed E-state index contributed by atoms with van der Waals surface area (Å²) in [5, 5.41) is 9.67. The first-order valence-corrected chi connectivity index (χ1v) is 7.05. The minimum atomic E-state index is -4.21. The molecule has 1 aromatic carbocycles. The molecule has 1 aromatic rings. The number of nitrogens with one attached hydrogen (secondary N) is 2. The van der Waals surface area contributed by atoms with Gasteiger partial charge in [-0.1, -0.05) is 11.6 Å². The predicted octanol–water partition coefficient (Wildman–Crippen LogP) is 1.84. The minimum absolute atomic E-state index is 0.155. The molecular weight excluding hydrogens is 296 g/mol. The molecule has 0 spiro atoms. The van der Waals surface area contributed by atoms with Crippen LogP contribution in [-0.2, 0) is 14.9 Å². The number of carbonyl (C=O) groups is 1. The third-order valence-electron chi connectivity index (χ3n) is 1.76. The van der Waals surface area contributed by atoms with Gasteiger partial charge in [0.2, 0.25) is 0 Å². The lowest BCUT2D eigenvalue weighted by Crippen LogP contribution is -2.36. The van der Waals surface area contributed by atoms with Crippen molar-refractivity contribution >= 4 is 33.6 Å². The van der Waals surface area contributed by atoms with Crippen LogP contribution >= 0.6 is 11.6 Å². The van der Waals surface area contributed by atoms with Crippen molar-refractivity contribution in [1.82, 2.24) is 4.72 Å². The molecule has 0 radical (unpaired) electrons. The standard InChI is InChI=1S/C10H13ClN2O5S/c1-6(2)18-10(15)13-19(16,17)12-8-5-7(11)3-4-9(8)14/h3-6,12,14H,1-2H3,(H,13,15). The van der Waals surface area contributed by atoms with Crippen molar-refractivity contribution in [2.45, 2.75) is 20.0 Å². The Kier molecular flexibility index (Phi) is 4.84. The van der Waals surface area contributed by atoms with Crippen molar-refractivity contribution in [3.8, 4) is 5.75 Å². The number of phenolic OH excluding ortho intramolecular Hbond substituents is 1. The summed E-state index contributed by atoms with van der Waals surface area (Å²) in [6.07, 6.45) is -1.58. The fourth-order valence-corrected chi connectivity index (χ4v) is 2.05. The van der Waals surface area contributed by atoms with Gasteiger partial charge in [-0.15, -0.1) is 0 Å². The highest BCUT2D eigenvalue weighted by molar-refractivity contribution is 7.91. The van der Waals surface area contributed by atoms with E-state index in [0.29, 0.717) is 0 Å². The number of amides is 1. The normalized spacial score (nSPS) is 11.2. The zero-order chi connectivity index (χ0) is 14.6. The van der Waals surface area contributed by atoms with Crippen LogP contribution in [0.15, 0.2) is 18.2 Å². The van der Waals surface area contributed by atoms with Gasteiger partial charge in [0, 0.05) is 5.02 Å². The van der Waals surface area contributed by atoms with Gasteiger partial charge in [-0.2, -0.15) is 8.42 Å². The van der Waals surface area contributed by atoms with Gasteiger partial charge in [0.15, 0.2) is 0 Å². The molecule has 19 heavy (non-hydrogen) atoms. The van der Waals surface area contributed by atoms with Crippen LogP contribution in [0.25, 0.3) is 0 Å². The van der Waals surface area contributed by atoms with E-state index < -0.39 is 22.4 Å². The van der Waals surface area contributed by atoms with Gasteiger partial charge in [0.05, 0.1) is 11.8 Å². The van der Waals surface area contributed by atoms with Gasteiger partial charge in [0.1, 0.15) is 5.75 Å². The lowest BCUT2D eigenvalue weighted by atomic mass is 10.3. The molecule has 0 bridgehead atoms. The molecule has 7 nitrogen and oxygen atoms in total. The van der Waals surface area contributed by atoms with Crippen LogP contribution in [0.4, 0.5) is 10.5 Å². The summed E-state index contributed by atoms with van der Waals surface area (Å²) in [4.78, 5) is 11.2. The first-order valence-electron chi connectivity index (χ1n) is 5.19. The van der Waals surface area contributed by atoms with E-state index >= 15 is 0 Å². The summed E-state index contributed by atoms with van der Waals surface area (Å²) < 4.78 is 31.4. The molecule has 0 aliphatic carbocycles. The van der Waals surface area contributed by atoms with Gasteiger partial charge in [-0.05, 0) is 32.0 Å². The molecule has 0 aromatic heterocycles. The Morgan fingerprint density at radius 1 is 1.42 bits per heavy atom. The smallest absolute Gasteiger partial charge is 0.422 e. The molecule has 0 aliphatic rings. The maximum absolute atomic E-state index is 11.6. The highest BCUT2D eigenvalue weighted by Crippen LogP contribution is 2.27. The predicted molar refractivity (Wildman–Crippen MR) is 70.4 cm³/mol. The lowest BCUT2D eigenvalue weighted by Gasteiger charge is -2.12. The topological polar surface area (TPSA) is 105 Å². The molecule has 3 N–H and O–H groups in total. The molecule has 1 rings (SSSR count). The number of phenols is 1. The third-order valence-corrected chi connectivity index (χ3v) is 2.92. The van der Waals surface area contributed by atoms with E-state index in [2.05, 4.69) is 4.74 Å². The van der Waals surface area contributed by atoms with Crippen LogP contribution in [-0.4, -0.2) is 25.7 Å². The molecule has 0 heterocycles. The van der Waals surface area contributed by atoms with Crippen LogP contribution < -0.4 is 9.44 Å². The molecule has 0 aliphatic heterocycles. The second-order valence-electron chi connectivity index (χ2n) is 3.82. The van der Waals surface area contributed by atoms with E-state index in [-0.39, 0.29) is 16.5 Å². The van der Waals surface area contributed by atoms with Crippen molar-refractivity contribution in [3.63, 3.8) is 0 Å². The number of aromatic hydroxyl groups is 1. The molecule has 0 saturated carbocycles. The van der Waals surface area contributed by atoms with Crippen molar-refractivity contribution in [2.75, 3.05) is 4.72 Å². The highest BCUT2D eigenvalue weighted by Gasteiger charge is 2.18. The summed E-state index contributed by atoms with van der Waals surface area (Å²) in [6, 6.07) is 3.80. The summed E-state index contributed by atoms with van der Waals surface area (Å²) in [5.74, 6) is -0.327. The largest absolute Gasteiger partial charge is 0.506 e. The molecule has 0 atom stereocenters. The Balaban J connectivity index is 2.80. The van der Waals surface area contributed by atoms with Crippen molar-refractivity contribution in [3.05, 3.63) is 23.2 Å². The zero-order valence-corrected chi connectivity index (χ0v) is 11.7. The van der Waals surface area contributed by atoms with Crippen LogP contribution in [0.5, 0.6) is 5.75 Å². The van der Waals surface area contributed by atoms with Crippen LogP contribution in [0.1, 0.15) is 13.8 Å². The average Bonchev–Trinajstić information content (AvgIpc) is 2.20. The first-order chi connectivity index (χ1) is 8.69. The Bertz CT molecular complexity index is 573. The highest BCUT2D eigenvalue weighted by atomic mass is 35.5. The Morgan fingerprint density at radius 3 is 2.63 bits per heavy atom. The minimum Gasteiger partial charge on any atom is -0.506 e. The van der Waals surface area contributed by atoms with E-state index in [0.717, 1.165) is 0 Å². The third kappa shape index (κ3) is 5.23. The van der Waals surface area contributed by atoms with E-state index in [1.165, 1.54) is 18.2 Å². The van der Waals surface area contributed by atoms with Crippen molar-refractivity contribution < 1.29 is 23.1 Å². The summed E-state index contributed by atoms with van der Waals surface area (Å²) in [6.45, 7) is 3.14. The quantitative estimate of drug-likeness (QED) is 0.736. The van der Waals surface area contributed by atoms with Crippen molar-refractivity contribution in [2.24, 2.45) is 0 Å². The molecular formula is C10H13ClN2O5S. The number of ether oxygens (including phenoxy) is 1. The van der Waals surface area contributed by atoms with Gasteiger partial charge in [-0.3, -0.25) is 4.72 Å². The maximum atomic E-state index is 11.6. The number of hydrogen-bond donors (Lipinski definition) is 3. The monoisotopic (exact) mass is 308 g/mol. The van der Waals surface area contributed by atoms with Gasteiger partial charge >= 0.3 is 16.3 Å². The molecule has 106 valence electrons. The van der Waals surface area contributed by atoms with E-state index in [4.69, 9.17) is 11.6 Å². The van der Waals surface area contributed by atoms with Crippen LogP contribution in [0, 0.1) is 0 Å². The molecule has 9 heteroatoms. The summed E-state index contributed by atoms with van der Waals surface area (Å²) in [5.41, 5.74) is -0.155. The first kappa shape index (κ1) is 15.4. The van der Waals surface area contributed by atoms with E-state index in [1.54, 1.807) is 18.6 Å². The maximum Gasteiger partial charge on any atom is 0.422 e. The van der Waals surface area contributed by atoms with Gasteiger partial charge < -0.3 is 9.84 Å².